The number of ether oxygens (including phenoxy) is 1. The van der Waals surface area contributed by atoms with Crippen molar-refractivity contribution in [1.82, 2.24) is 0 Å². The Morgan fingerprint density at radius 2 is 2.07 bits per heavy atom. The minimum Gasteiger partial charge on any atom is -0.497 e. The lowest BCUT2D eigenvalue weighted by molar-refractivity contribution is 0.0857. The van der Waals surface area contributed by atoms with E-state index in [9.17, 15) is 0 Å². The summed E-state index contributed by atoms with van der Waals surface area (Å²) in [6, 6.07) is 7.90. The average molecular weight is 191 g/mol. The van der Waals surface area contributed by atoms with E-state index >= 15 is 0 Å². The van der Waals surface area contributed by atoms with Crippen molar-refractivity contribution in [3.63, 3.8) is 0 Å². The molecule has 0 aromatic heterocycles. The van der Waals surface area contributed by atoms with Crippen LogP contribution in [-0.4, -0.2) is 12.8 Å². The van der Waals surface area contributed by atoms with Gasteiger partial charge in [0.25, 0.3) is 0 Å². The molecule has 1 atom stereocenters. The van der Waals surface area contributed by atoms with Crippen LogP contribution in [-0.2, 0) is 4.84 Å². The Bertz CT molecular complexity index is 343. The van der Waals surface area contributed by atoms with Crippen LogP contribution in [0.5, 0.6) is 5.75 Å². The first-order chi connectivity index (χ1) is 6.79. The molecule has 14 heavy (non-hydrogen) atoms. The normalized spacial score (nSPS) is 20.1. The molecule has 1 heterocycles. The summed E-state index contributed by atoms with van der Waals surface area (Å²) in [6.45, 7) is 1.98. The highest BCUT2D eigenvalue weighted by molar-refractivity contribution is 5.83. The number of rotatable bonds is 2. The van der Waals surface area contributed by atoms with Gasteiger partial charge < -0.3 is 9.57 Å². The maximum Gasteiger partial charge on any atom is 0.157 e. The van der Waals surface area contributed by atoms with Gasteiger partial charge in [-0.25, -0.2) is 0 Å². The quantitative estimate of drug-likeness (QED) is 0.719. The Labute approximate surface area is 83.3 Å². The molecule has 1 aromatic carbocycles. The van der Waals surface area contributed by atoms with E-state index in [4.69, 9.17) is 9.57 Å². The smallest absolute Gasteiger partial charge is 0.157 e. The molecule has 1 aliphatic heterocycles. The lowest BCUT2D eigenvalue weighted by Gasteiger charge is -2.08. The summed E-state index contributed by atoms with van der Waals surface area (Å²) in [6.07, 6.45) is 0.965. The molecule has 3 nitrogen and oxygen atoms in total. The maximum absolute atomic E-state index is 5.27. The fraction of sp³-hybridized carbons (Fsp3) is 0.364. The zero-order valence-electron chi connectivity index (χ0n) is 8.36. The third-order valence-electron chi connectivity index (χ3n) is 2.30. The van der Waals surface area contributed by atoms with Gasteiger partial charge in [-0.2, -0.15) is 0 Å². The summed E-state index contributed by atoms with van der Waals surface area (Å²) in [5.74, 6) is 0.865. The van der Waals surface area contributed by atoms with E-state index in [0.717, 1.165) is 23.4 Å². The molecule has 1 aliphatic rings. The molecule has 0 radical (unpaired) electrons. The zero-order valence-corrected chi connectivity index (χ0v) is 8.36. The molecule has 0 spiro atoms. The SMILES string of the molecule is COc1ccc(C2CC(C)=NO2)cc1. The highest BCUT2D eigenvalue weighted by Gasteiger charge is 2.19. The van der Waals surface area contributed by atoms with Crippen molar-refractivity contribution < 1.29 is 9.57 Å². The number of hydrogen-bond acceptors (Lipinski definition) is 3. The van der Waals surface area contributed by atoms with E-state index in [2.05, 4.69) is 5.16 Å². The molecular formula is C11H13NO2. The van der Waals surface area contributed by atoms with E-state index in [1.165, 1.54) is 0 Å². The molecule has 0 saturated carbocycles. The molecule has 0 fully saturated rings. The first-order valence-electron chi connectivity index (χ1n) is 4.63. The second-order valence-electron chi connectivity index (χ2n) is 3.40. The zero-order chi connectivity index (χ0) is 9.97. The van der Waals surface area contributed by atoms with Crippen molar-refractivity contribution in [3.05, 3.63) is 29.8 Å². The van der Waals surface area contributed by atoms with Gasteiger partial charge >= 0.3 is 0 Å². The lowest BCUT2D eigenvalue weighted by atomic mass is 10.1. The number of oxime groups is 1. The van der Waals surface area contributed by atoms with Crippen molar-refractivity contribution in [2.75, 3.05) is 7.11 Å². The number of benzene rings is 1. The van der Waals surface area contributed by atoms with Crippen molar-refractivity contribution in [2.24, 2.45) is 5.16 Å². The molecule has 1 unspecified atom stereocenters. The van der Waals surface area contributed by atoms with Gasteiger partial charge in [0.05, 0.1) is 12.8 Å². The van der Waals surface area contributed by atoms with Crippen LogP contribution in [0.1, 0.15) is 25.0 Å². The predicted molar refractivity (Wildman–Crippen MR) is 54.5 cm³/mol. The number of hydrogen-bond donors (Lipinski definition) is 0. The third-order valence-corrected chi connectivity index (χ3v) is 2.30. The molecule has 0 N–H and O–H groups in total. The summed E-state index contributed by atoms with van der Waals surface area (Å²) < 4.78 is 5.08. The Balaban J connectivity index is 2.11. The van der Waals surface area contributed by atoms with Crippen molar-refractivity contribution in [1.29, 1.82) is 0 Å². The summed E-state index contributed by atoms with van der Waals surface area (Å²) in [5, 5.41) is 3.92. The molecular weight excluding hydrogens is 178 g/mol. The predicted octanol–water partition coefficient (Wildman–Crippen LogP) is 2.53. The number of nitrogens with zero attached hydrogens (tertiary/aromatic N) is 1. The first kappa shape index (κ1) is 9.06. The Hall–Kier alpha value is -1.51. The summed E-state index contributed by atoms with van der Waals surface area (Å²) in [4.78, 5) is 5.27. The highest BCUT2D eigenvalue weighted by Crippen LogP contribution is 2.28. The van der Waals surface area contributed by atoms with Crippen LogP contribution in [0.25, 0.3) is 0 Å². The lowest BCUT2D eigenvalue weighted by Crippen LogP contribution is -1.97. The molecule has 0 saturated heterocycles. The van der Waals surface area contributed by atoms with Crippen LogP contribution >= 0.6 is 0 Å². The number of methoxy groups -OCH3 is 1. The summed E-state index contributed by atoms with van der Waals surface area (Å²) in [7, 11) is 1.66. The van der Waals surface area contributed by atoms with Gasteiger partial charge in [0.15, 0.2) is 6.10 Å². The molecule has 0 aliphatic carbocycles. The topological polar surface area (TPSA) is 30.8 Å². The van der Waals surface area contributed by atoms with E-state index in [1.807, 2.05) is 31.2 Å². The monoisotopic (exact) mass is 191 g/mol. The second-order valence-corrected chi connectivity index (χ2v) is 3.40. The first-order valence-corrected chi connectivity index (χ1v) is 4.63. The van der Waals surface area contributed by atoms with Crippen LogP contribution in [0.3, 0.4) is 0 Å². The maximum atomic E-state index is 5.27. The molecule has 1 aromatic rings. The van der Waals surface area contributed by atoms with Gasteiger partial charge in [-0.05, 0) is 24.6 Å². The van der Waals surface area contributed by atoms with Crippen LogP contribution in [0.4, 0.5) is 0 Å². The van der Waals surface area contributed by atoms with Crippen LogP contribution in [0.15, 0.2) is 29.4 Å². The minimum atomic E-state index is 0.0842. The van der Waals surface area contributed by atoms with Gasteiger partial charge in [-0.15, -0.1) is 0 Å². The Morgan fingerprint density at radius 1 is 1.36 bits per heavy atom. The Kier molecular flexibility index (Phi) is 2.39. The fourth-order valence-electron chi connectivity index (χ4n) is 1.49. The summed E-state index contributed by atoms with van der Waals surface area (Å²) >= 11 is 0. The van der Waals surface area contributed by atoms with Crippen LogP contribution < -0.4 is 4.74 Å². The van der Waals surface area contributed by atoms with Gasteiger partial charge in [0.1, 0.15) is 5.75 Å². The van der Waals surface area contributed by atoms with E-state index in [0.29, 0.717) is 0 Å². The van der Waals surface area contributed by atoms with E-state index in [-0.39, 0.29) is 6.10 Å². The highest BCUT2D eigenvalue weighted by atomic mass is 16.6. The molecule has 3 heteroatoms. The third kappa shape index (κ3) is 1.71. The Morgan fingerprint density at radius 3 is 2.57 bits per heavy atom. The van der Waals surface area contributed by atoms with Crippen LogP contribution in [0, 0.1) is 0 Å². The average Bonchev–Trinajstić information content (AvgIpc) is 2.65. The van der Waals surface area contributed by atoms with Gasteiger partial charge in [-0.1, -0.05) is 17.3 Å². The van der Waals surface area contributed by atoms with E-state index in [1.54, 1.807) is 7.11 Å². The second kappa shape index (κ2) is 3.70. The van der Waals surface area contributed by atoms with Gasteiger partial charge in [0, 0.05) is 6.42 Å². The van der Waals surface area contributed by atoms with Gasteiger partial charge in [-0.3, -0.25) is 0 Å². The van der Waals surface area contributed by atoms with Crippen molar-refractivity contribution >= 4 is 5.71 Å². The summed E-state index contributed by atoms with van der Waals surface area (Å²) in [5.41, 5.74) is 2.19. The standard InChI is InChI=1S/C11H13NO2/c1-8-7-11(14-12-8)9-3-5-10(13-2)6-4-9/h3-6,11H,7H2,1-2H3. The fourth-order valence-corrected chi connectivity index (χ4v) is 1.49. The largest absolute Gasteiger partial charge is 0.497 e. The molecule has 0 amide bonds. The molecule has 74 valence electrons. The molecule has 2 rings (SSSR count). The molecule has 0 bridgehead atoms. The van der Waals surface area contributed by atoms with Crippen molar-refractivity contribution in [3.8, 4) is 5.75 Å². The van der Waals surface area contributed by atoms with Crippen molar-refractivity contribution in [2.45, 2.75) is 19.4 Å². The minimum absolute atomic E-state index is 0.0842. The van der Waals surface area contributed by atoms with Crippen LogP contribution in [0.2, 0.25) is 0 Å². The van der Waals surface area contributed by atoms with Gasteiger partial charge in [0.2, 0.25) is 0 Å². The van der Waals surface area contributed by atoms with E-state index < -0.39 is 0 Å².